The zero-order valence-corrected chi connectivity index (χ0v) is 7.38. The van der Waals surface area contributed by atoms with Crippen LogP contribution in [0.25, 0.3) is 0 Å². The van der Waals surface area contributed by atoms with Crippen molar-refractivity contribution in [2.45, 2.75) is 6.92 Å². The molecule has 0 radical (unpaired) electrons. The third-order valence-corrected chi connectivity index (χ3v) is 1.87. The summed E-state index contributed by atoms with van der Waals surface area (Å²) in [6, 6.07) is 0. The molecule has 1 aliphatic rings. The van der Waals surface area contributed by atoms with Gasteiger partial charge >= 0.3 is 0 Å². The second-order valence-corrected chi connectivity index (χ2v) is 2.64. The van der Waals surface area contributed by atoms with Gasteiger partial charge in [0.2, 0.25) is 0 Å². The zero-order chi connectivity index (χ0) is 8.97. The minimum atomic E-state index is 0.770. The largest absolute Gasteiger partial charge is 0.285 e. The van der Waals surface area contributed by atoms with Crippen LogP contribution in [0.15, 0.2) is 53.6 Å². The summed E-state index contributed by atoms with van der Waals surface area (Å²) in [5, 5.41) is 0. The SMILES string of the molecule is C=C/C=C\C1=C(C=C)CN=C1C. The van der Waals surface area contributed by atoms with E-state index in [0.717, 1.165) is 12.3 Å². The first-order chi connectivity index (χ1) is 5.79. The highest BCUT2D eigenvalue weighted by molar-refractivity contribution is 6.03. The van der Waals surface area contributed by atoms with Crippen molar-refractivity contribution >= 4 is 5.71 Å². The molecule has 0 N–H and O–H groups in total. The fourth-order valence-electron chi connectivity index (χ4n) is 1.17. The van der Waals surface area contributed by atoms with Crippen LogP contribution < -0.4 is 0 Å². The molecule has 1 heteroatoms. The fraction of sp³-hybridized carbons (Fsp3) is 0.182. The molecule has 0 aromatic carbocycles. The molecule has 0 aromatic rings. The topological polar surface area (TPSA) is 12.4 Å². The molecule has 0 unspecified atom stereocenters. The predicted molar refractivity (Wildman–Crippen MR) is 54.5 cm³/mol. The Hall–Kier alpha value is -1.37. The number of rotatable bonds is 3. The molecule has 1 rings (SSSR count). The molecule has 0 spiro atoms. The Morgan fingerprint density at radius 3 is 2.75 bits per heavy atom. The van der Waals surface area contributed by atoms with Crippen molar-refractivity contribution in [2.75, 3.05) is 6.54 Å². The highest BCUT2D eigenvalue weighted by Crippen LogP contribution is 2.16. The van der Waals surface area contributed by atoms with Crippen LogP contribution in [0.5, 0.6) is 0 Å². The minimum Gasteiger partial charge on any atom is -0.285 e. The van der Waals surface area contributed by atoms with Crippen LogP contribution in [0.1, 0.15) is 6.92 Å². The van der Waals surface area contributed by atoms with E-state index in [0.29, 0.717) is 0 Å². The molecule has 0 aliphatic carbocycles. The molecule has 0 aromatic heterocycles. The molecule has 0 saturated carbocycles. The zero-order valence-electron chi connectivity index (χ0n) is 7.38. The first kappa shape index (κ1) is 8.72. The Morgan fingerprint density at radius 1 is 1.42 bits per heavy atom. The van der Waals surface area contributed by atoms with E-state index in [1.54, 1.807) is 6.08 Å². The lowest BCUT2D eigenvalue weighted by molar-refractivity contribution is 1.22. The van der Waals surface area contributed by atoms with Gasteiger partial charge in [0.25, 0.3) is 0 Å². The molecule has 0 atom stereocenters. The fourth-order valence-corrected chi connectivity index (χ4v) is 1.17. The molecule has 12 heavy (non-hydrogen) atoms. The summed E-state index contributed by atoms with van der Waals surface area (Å²) in [7, 11) is 0. The van der Waals surface area contributed by atoms with Crippen molar-refractivity contribution in [3.63, 3.8) is 0 Å². The highest BCUT2D eigenvalue weighted by atomic mass is 14.8. The van der Waals surface area contributed by atoms with Gasteiger partial charge in [0.05, 0.1) is 6.54 Å². The van der Waals surface area contributed by atoms with E-state index < -0.39 is 0 Å². The summed E-state index contributed by atoms with van der Waals surface area (Å²) in [5.41, 5.74) is 3.47. The number of hydrogen-bond donors (Lipinski definition) is 0. The lowest BCUT2D eigenvalue weighted by Crippen LogP contribution is -1.90. The predicted octanol–water partition coefficient (Wildman–Crippen LogP) is 2.69. The standard InChI is InChI=1S/C11H13N/c1-4-6-7-11-9(3)12-8-10(11)5-2/h4-7H,1-2,8H2,3H3/b7-6-. The third-order valence-electron chi connectivity index (χ3n) is 1.87. The van der Waals surface area contributed by atoms with Crippen LogP contribution in [0.4, 0.5) is 0 Å². The van der Waals surface area contributed by atoms with Gasteiger partial charge in [-0.25, -0.2) is 0 Å². The monoisotopic (exact) mass is 159 g/mol. The molecule has 0 amide bonds. The Labute approximate surface area is 73.5 Å². The summed E-state index contributed by atoms with van der Waals surface area (Å²) >= 11 is 0. The quantitative estimate of drug-likeness (QED) is 0.561. The maximum atomic E-state index is 4.31. The first-order valence-electron chi connectivity index (χ1n) is 3.95. The van der Waals surface area contributed by atoms with Gasteiger partial charge < -0.3 is 0 Å². The van der Waals surface area contributed by atoms with E-state index in [-0.39, 0.29) is 0 Å². The van der Waals surface area contributed by atoms with Gasteiger partial charge in [-0.3, -0.25) is 4.99 Å². The van der Waals surface area contributed by atoms with Gasteiger partial charge in [0.1, 0.15) is 0 Å². The Balaban J connectivity index is 2.95. The third kappa shape index (κ3) is 1.62. The average Bonchev–Trinajstić information content (AvgIpc) is 2.43. The lowest BCUT2D eigenvalue weighted by atomic mass is 10.1. The van der Waals surface area contributed by atoms with Crippen molar-refractivity contribution in [3.05, 3.63) is 48.6 Å². The molecular weight excluding hydrogens is 146 g/mol. The molecule has 0 bridgehead atoms. The van der Waals surface area contributed by atoms with Gasteiger partial charge in [0, 0.05) is 11.3 Å². The van der Waals surface area contributed by atoms with Gasteiger partial charge in [-0.05, 0) is 12.5 Å². The molecule has 1 heterocycles. The van der Waals surface area contributed by atoms with Crippen LogP contribution in [0.3, 0.4) is 0 Å². The smallest absolute Gasteiger partial charge is 0.0649 e. The molecule has 0 fully saturated rings. The summed E-state index contributed by atoms with van der Waals surface area (Å²) < 4.78 is 0. The van der Waals surface area contributed by atoms with E-state index in [9.17, 15) is 0 Å². The van der Waals surface area contributed by atoms with Crippen molar-refractivity contribution < 1.29 is 0 Å². The van der Waals surface area contributed by atoms with Crippen LogP contribution in [-0.4, -0.2) is 12.3 Å². The van der Waals surface area contributed by atoms with E-state index in [1.165, 1.54) is 11.1 Å². The molecule has 62 valence electrons. The molecule has 1 nitrogen and oxygen atoms in total. The van der Waals surface area contributed by atoms with E-state index in [2.05, 4.69) is 18.2 Å². The first-order valence-corrected chi connectivity index (χ1v) is 3.95. The average molecular weight is 159 g/mol. The van der Waals surface area contributed by atoms with E-state index >= 15 is 0 Å². The second kappa shape index (κ2) is 3.86. The summed E-state index contributed by atoms with van der Waals surface area (Å²) in [5.74, 6) is 0. The number of nitrogens with zero attached hydrogens (tertiary/aromatic N) is 1. The van der Waals surface area contributed by atoms with Crippen molar-refractivity contribution in [1.82, 2.24) is 0 Å². The van der Waals surface area contributed by atoms with Crippen LogP contribution in [0.2, 0.25) is 0 Å². The van der Waals surface area contributed by atoms with Crippen LogP contribution in [-0.2, 0) is 0 Å². The van der Waals surface area contributed by atoms with Crippen molar-refractivity contribution in [2.24, 2.45) is 4.99 Å². The van der Waals surface area contributed by atoms with Gasteiger partial charge in [-0.15, -0.1) is 0 Å². The van der Waals surface area contributed by atoms with Crippen molar-refractivity contribution in [1.29, 1.82) is 0 Å². The Kier molecular flexibility index (Phi) is 2.81. The van der Waals surface area contributed by atoms with Gasteiger partial charge in [-0.1, -0.05) is 37.5 Å². The number of aliphatic imine (C=N–C) groups is 1. The summed E-state index contributed by atoms with van der Waals surface area (Å²) in [6.45, 7) is 10.2. The van der Waals surface area contributed by atoms with Gasteiger partial charge in [-0.2, -0.15) is 0 Å². The summed E-state index contributed by atoms with van der Waals surface area (Å²) in [4.78, 5) is 4.31. The normalized spacial score (nSPS) is 16.9. The molecule has 0 saturated heterocycles. The number of allylic oxidation sites excluding steroid dienone is 4. The summed E-state index contributed by atoms with van der Waals surface area (Å²) in [6.07, 6.45) is 7.57. The van der Waals surface area contributed by atoms with Crippen LogP contribution in [0, 0.1) is 0 Å². The minimum absolute atomic E-state index is 0.770. The van der Waals surface area contributed by atoms with Crippen LogP contribution >= 0.6 is 0 Å². The lowest BCUT2D eigenvalue weighted by Gasteiger charge is -1.95. The Bertz CT molecular complexity index is 290. The number of hydrogen-bond acceptors (Lipinski definition) is 1. The van der Waals surface area contributed by atoms with Crippen molar-refractivity contribution in [3.8, 4) is 0 Å². The van der Waals surface area contributed by atoms with E-state index in [1.807, 2.05) is 25.2 Å². The highest BCUT2D eigenvalue weighted by Gasteiger charge is 2.09. The maximum absolute atomic E-state index is 4.31. The second-order valence-electron chi connectivity index (χ2n) is 2.64. The Morgan fingerprint density at radius 2 is 2.17 bits per heavy atom. The van der Waals surface area contributed by atoms with Gasteiger partial charge in [0.15, 0.2) is 0 Å². The maximum Gasteiger partial charge on any atom is 0.0649 e. The molecular formula is C11H13N. The van der Waals surface area contributed by atoms with E-state index in [4.69, 9.17) is 0 Å². The molecule has 1 aliphatic heterocycles.